The Morgan fingerprint density at radius 3 is 2.75 bits per heavy atom. The molecule has 1 unspecified atom stereocenters. The molecule has 0 bridgehead atoms. The maximum atomic E-state index is 13.2. The van der Waals surface area contributed by atoms with Gasteiger partial charge in [0.15, 0.2) is 5.82 Å². The molecule has 2 rings (SSSR count). The number of aromatic nitrogens is 2. The molecule has 1 heterocycles. The van der Waals surface area contributed by atoms with Crippen LogP contribution in [-0.2, 0) is 0 Å². The minimum atomic E-state index is -2.57. The van der Waals surface area contributed by atoms with Crippen LogP contribution in [0, 0.1) is 0 Å². The van der Waals surface area contributed by atoms with Crippen molar-refractivity contribution in [2.24, 2.45) is 0 Å². The number of nitrogens with zero attached hydrogens (tertiary/aromatic N) is 2. The van der Waals surface area contributed by atoms with E-state index < -0.39 is 5.92 Å². The van der Waals surface area contributed by atoms with E-state index in [9.17, 15) is 8.78 Å². The summed E-state index contributed by atoms with van der Waals surface area (Å²) in [7, 11) is 0. The van der Waals surface area contributed by atoms with Crippen molar-refractivity contribution in [2.45, 2.75) is 57.3 Å². The topological polar surface area (TPSA) is 38.9 Å². The summed E-state index contributed by atoms with van der Waals surface area (Å²) in [6, 6.07) is 0. The average Bonchev–Trinajstić information content (AvgIpc) is 2.64. The van der Waals surface area contributed by atoms with Gasteiger partial charge in [-0.15, -0.1) is 0 Å². The molecule has 1 aliphatic rings. The lowest BCUT2D eigenvalue weighted by Gasteiger charge is -2.26. The van der Waals surface area contributed by atoms with Gasteiger partial charge in [-0.2, -0.15) is 4.98 Å². The predicted molar refractivity (Wildman–Crippen MR) is 54.5 cm³/mol. The van der Waals surface area contributed by atoms with Crippen LogP contribution in [0.1, 0.15) is 63.1 Å². The standard InChI is InChI=1S/C11H16F2N2O/c1-7(2)10-14-9(15-16-10)8-4-3-5-11(12,13)6-8/h7-8H,3-6H2,1-2H3. The van der Waals surface area contributed by atoms with E-state index >= 15 is 0 Å². The fraction of sp³-hybridized carbons (Fsp3) is 0.818. The molecule has 0 aromatic carbocycles. The third-order valence-corrected chi connectivity index (χ3v) is 2.96. The number of alkyl halides is 2. The summed E-state index contributed by atoms with van der Waals surface area (Å²) in [4.78, 5) is 4.19. The SMILES string of the molecule is CC(C)c1nc(C2CCCC(F)(F)C2)no1. The first-order valence-corrected chi connectivity index (χ1v) is 5.69. The van der Waals surface area contributed by atoms with Crippen molar-refractivity contribution in [1.82, 2.24) is 10.1 Å². The van der Waals surface area contributed by atoms with E-state index in [0.29, 0.717) is 18.1 Å². The Kier molecular flexibility index (Phi) is 2.95. The second-order valence-electron chi connectivity index (χ2n) is 4.79. The zero-order chi connectivity index (χ0) is 11.8. The predicted octanol–water partition coefficient (Wildman–Crippen LogP) is 3.49. The first kappa shape index (κ1) is 11.5. The third kappa shape index (κ3) is 2.39. The van der Waals surface area contributed by atoms with Crippen molar-refractivity contribution >= 4 is 0 Å². The van der Waals surface area contributed by atoms with Gasteiger partial charge in [-0.25, -0.2) is 8.78 Å². The van der Waals surface area contributed by atoms with Gasteiger partial charge in [0.2, 0.25) is 11.8 Å². The van der Waals surface area contributed by atoms with Gasteiger partial charge in [-0.3, -0.25) is 0 Å². The quantitative estimate of drug-likeness (QED) is 0.780. The molecule has 1 atom stereocenters. The molecule has 0 aliphatic heterocycles. The van der Waals surface area contributed by atoms with Crippen molar-refractivity contribution in [3.05, 3.63) is 11.7 Å². The maximum absolute atomic E-state index is 13.2. The molecule has 0 spiro atoms. The Bertz CT molecular complexity index is 363. The average molecular weight is 230 g/mol. The highest BCUT2D eigenvalue weighted by molar-refractivity contribution is 5.01. The highest BCUT2D eigenvalue weighted by atomic mass is 19.3. The van der Waals surface area contributed by atoms with Crippen molar-refractivity contribution in [1.29, 1.82) is 0 Å². The Morgan fingerprint density at radius 2 is 2.19 bits per heavy atom. The Hall–Kier alpha value is -1.00. The molecule has 16 heavy (non-hydrogen) atoms. The van der Waals surface area contributed by atoms with E-state index in [-0.39, 0.29) is 24.7 Å². The second kappa shape index (κ2) is 4.11. The lowest BCUT2D eigenvalue weighted by Crippen LogP contribution is -2.25. The summed E-state index contributed by atoms with van der Waals surface area (Å²) in [5.74, 6) is -1.70. The molecule has 1 aromatic rings. The third-order valence-electron chi connectivity index (χ3n) is 2.96. The van der Waals surface area contributed by atoms with E-state index in [1.807, 2.05) is 13.8 Å². The smallest absolute Gasteiger partial charge is 0.248 e. The van der Waals surface area contributed by atoms with Crippen LogP contribution in [0.25, 0.3) is 0 Å². The molecule has 0 saturated heterocycles. The van der Waals surface area contributed by atoms with Crippen LogP contribution in [0.5, 0.6) is 0 Å². The molecule has 1 saturated carbocycles. The van der Waals surface area contributed by atoms with Gasteiger partial charge in [-0.1, -0.05) is 19.0 Å². The summed E-state index contributed by atoms with van der Waals surface area (Å²) in [6.45, 7) is 3.87. The Labute approximate surface area is 93.2 Å². The molecule has 0 N–H and O–H groups in total. The van der Waals surface area contributed by atoms with E-state index in [1.54, 1.807) is 0 Å². The summed E-state index contributed by atoms with van der Waals surface area (Å²) >= 11 is 0. The molecule has 1 fully saturated rings. The maximum Gasteiger partial charge on any atom is 0.248 e. The van der Waals surface area contributed by atoms with Gasteiger partial charge in [0.1, 0.15) is 0 Å². The van der Waals surface area contributed by atoms with Gasteiger partial charge >= 0.3 is 0 Å². The molecule has 0 amide bonds. The minimum Gasteiger partial charge on any atom is -0.339 e. The van der Waals surface area contributed by atoms with Crippen LogP contribution in [0.2, 0.25) is 0 Å². The molecular formula is C11H16F2N2O. The Balaban J connectivity index is 2.11. The summed E-state index contributed by atoms with van der Waals surface area (Å²) in [6.07, 6.45) is 1.10. The first-order valence-electron chi connectivity index (χ1n) is 5.69. The molecular weight excluding hydrogens is 214 g/mol. The van der Waals surface area contributed by atoms with E-state index in [4.69, 9.17) is 4.52 Å². The van der Waals surface area contributed by atoms with Gasteiger partial charge < -0.3 is 4.52 Å². The largest absolute Gasteiger partial charge is 0.339 e. The van der Waals surface area contributed by atoms with Crippen LogP contribution in [0.15, 0.2) is 4.52 Å². The highest BCUT2D eigenvalue weighted by Gasteiger charge is 2.38. The molecule has 3 nitrogen and oxygen atoms in total. The Morgan fingerprint density at radius 1 is 1.44 bits per heavy atom. The molecule has 90 valence electrons. The van der Waals surface area contributed by atoms with Gasteiger partial charge in [0.05, 0.1) is 0 Å². The zero-order valence-electron chi connectivity index (χ0n) is 9.54. The van der Waals surface area contributed by atoms with E-state index in [2.05, 4.69) is 10.1 Å². The lowest BCUT2D eigenvalue weighted by atomic mass is 9.86. The number of halogens is 2. The van der Waals surface area contributed by atoms with Crippen LogP contribution in [0.4, 0.5) is 8.78 Å². The monoisotopic (exact) mass is 230 g/mol. The number of hydrogen-bond donors (Lipinski definition) is 0. The van der Waals surface area contributed by atoms with Crippen LogP contribution < -0.4 is 0 Å². The second-order valence-corrected chi connectivity index (χ2v) is 4.79. The van der Waals surface area contributed by atoms with E-state index in [1.165, 1.54) is 0 Å². The lowest BCUT2D eigenvalue weighted by molar-refractivity contribution is -0.0418. The van der Waals surface area contributed by atoms with E-state index in [0.717, 1.165) is 6.42 Å². The van der Waals surface area contributed by atoms with Crippen molar-refractivity contribution in [3.63, 3.8) is 0 Å². The summed E-state index contributed by atoms with van der Waals surface area (Å²) in [5.41, 5.74) is 0. The van der Waals surface area contributed by atoms with Crippen LogP contribution in [0.3, 0.4) is 0 Å². The van der Waals surface area contributed by atoms with Crippen LogP contribution >= 0.6 is 0 Å². The highest BCUT2D eigenvalue weighted by Crippen LogP contribution is 2.40. The van der Waals surface area contributed by atoms with Crippen molar-refractivity contribution in [3.8, 4) is 0 Å². The van der Waals surface area contributed by atoms with Crippen LogP contribution in [-0.4, -0.2) is 16.1 Å². The molecule has 1 aliphatic carbocycles. The number of rotatable bonds is 2. The normalized spacial score (nSPS) is 24.9. The van der Waals surface area contributed by atoms with Gasteiger partial charge in [0.25, 0.3) is 0 Å². The fourth-order valence-electron chi connectivity index (χ4n) is 2.04. The number of hydrogen-bond acceptors (Lipinski definition) is 3. The summed E-state index contributed by atoms with van der Waals surface area (Å²) < 4.78 is 31.5. The molecule has 5 heteroatoms. The molecule has 0 radical (unpaired) electrons. The zero-order valence-corrected chi connectivity index (χ0v) is 9.54. The van der Waals surface area contributed by atoms with Crippen molar-refractivity contribution < 1.29 is 13.3 Å². The summed E-state index contributed by atoms with van der Waals surface area (Å²) in [5, 5.41) is 3.81. The molecule has 1 aromatic heterocycles. The van der Waals surface area contributed by atoms with Gasteiger partial charge in [-0.05, 0) is 12.8 Å². The van der Waals surface area contributed by atoms with Crippen molar-refractivity contribution in [2.75, 3.05) is 0 Å². The fourth-order valence-corrected chi connectivity index (χ4v) is 2.04. The van der Waals surface area contributed by atoms with Gasteiger partial charge in [0, 0.05) is 24.7 Å². The minimum absolute atomic E-state index is 0.0155. The first-order chi connectivity index (χ1) is 7.48.